The van der Waals surface area contributed by atoms with Crippen LogP contribution in [0.15, 0.2) is 18.2 Å². The van der Waals surface area contributed by atoms with Crippen LogP contribution in [0.5, 0.6) is 0 Å². The fourth-order valence-corrected chi connectivity index (χ4v) is 2.05. The van der Waals surface area contributed by atoms with Crippen molar-refractivity contribution in [1.82, 2.24) is 9.55 Å². The molecule has 0 fully saturated rings. The largest absolute Gasteiger partial charge is 0.325 e. The van der Waals surface area contributed by atoms with Gasteiger partial charge in [0.2, 0.25) is 0 Å². The van der Waals surface area contributed by atoms with Gasteiger partial charge < -0.3 is 4.57 Å². The summed E-state index contributed by atoms with van der Waals surface area (Å²) >= 11 is 0. The van der Waals surface area contributed by atoms with Crippen LogP contribution in [0.4, 0.5) is 4.39 Å². The number of para-hydroxylation sites is 1. The van der Waals surface area contributed by atoms with Crippen molar-refractivity contribution in [3.05, 3.63) is 29.8 Å². The number of hydrogen-bond donors (Lipinski definition) is 0. The Morgan fingerprint density at radius 1 is 1.19 bits per heavy atom. The van der Waals surface area contributed by atoms with Gasteiger partial charge in [-0.15, -0.1) is 0 Å². The van der Waals surface area contributed by atoms with Gasteiger partial charge in [0.25, 0.3) is 0 Å². The Kier molecular flexibility index (Phi) is 2.70. The maximum atomic E-state index is 13.6. The molecule has 0 bridgehead atoms. The van der Waals surface area contributed by atoms with Crippen molar-refractivity contribution >= 4 is 11.0 Å². The van der Waals surface area contributed by atoms with E-state index in [9.17, 15) is 4.39 Å². The SMILES string of the molecule is CC(C)c1nc2c(F)cccc2n1C(C)C. The van der Waals surface area contributed by atoms with Crippen molar-refractivity contribution < 1.29 is 4.39 Å². The minimum atomic E-state index is -0.237. The third-order valence-electron chi connectivity index (χ3n) is 2.73. The van der Waals surface area contributed by atoms with E-state index in [1.807, 2.05) is 6.07 Å². The molecule has 1 heterocycles. The van der Waals surface area contributed by atoms with Gasteiger partial charge in [-0.3, -0.25) is 0 Å². The number of rotatable bonds is 2. The highest BCUT2D eigenvalue weighted by molar-refractivity contribution is 5.77. The maximum Gasteiger partial charge on any atom is 0.151 e. The first-order valence-corrected chi connectivity index (χ1v) is 5.68. The lowest BCUT2D eigenvalue weighted by atomic mass is 10.2. The molecule has 0 saturated carbocycles. The van der Waals surface area contributed by atoms with Crippen LogP contribution in [0.25, 0.3) is 11.0 Å². The standard InChI is InChI=1S/C13H17FN2/c1-8(2)13-15-12-10(14)6-5-7-11(12)16(13)9(3)4/h5-9H,1-4H3. The van der Waals surface area contributed by atoms with E-state index in [4.69, 9.17) is 0 Å². The van der Waals surface area contributed by atoms with Gasteiger partial charge in [-0.05, 0) is 26.0 Å². The van der Waals surface area contributed by atoms with Crippen LogP contribution < -0.4 is 0 Å². The minimum absolute atomic E-state index is 0.237. The predicted molar refractivity (Wildman–Crippen MR) is 64.2 cm³/mol. The van der Waals surface area contributed by atoms with E-state index in [-0.39, 0.29) is 5.82 Å². The van der Waals surface area contributed by atoms with Crippen LogP contribution in [0.3, 0.4) is 0 Å². The molecule has 2 nitrogen and oxygen atoms in total. The molecule has 1 aromatic heterocycles. The Hall–Kier alpha value is -1.38. The molecule has 0 spiro atoms. The molecule has 86 valence electrons. The number of fused-ring (bicyclic) bond motifs is 1. The van der Waals surface area contributed by atoms with Gasteiger partial charge in [-0.1, -0.05) is 19.9 Å². The van der Waals surface area contributed by atoms with Crippen LogP contribution in [0.1, 0.15) is 45.5 Å². The molecule has 1 aromatic carbocycles. The zero-order chi connectivity index (χ0) is 11.9. The monoisotopic (exact) mass is 220 g/mol. The number of benzene rings is 1. The van der Waals surface area contributed by atoms with Crippen molar-refractivity contribution in [2.75, 3.05) is 0 Å². The quantitative estimate of drug-likeness (QED) is 0.751. The second-order valence-electron chi connectivity index (χ2n) is 4.70. The molecule has 0 aliphatic carbocycles. The molecule has 0 radical (unpaired) electrons. The first kappa shape index (κ1) is 11.1. The molecule has 0 atom stereocenters. The summed E-state index contributed by atoms with van der Waals surface area (Å²) in [5.41, 5.74) is 1.37. The van der Waals surface area contributed by atoms with Crippen molar-refractivity contribution in [3.63, 3.8) is 0 Å². The minimum Gasteiger partial charge on any atom is -0.325 e. The smallest absolute Gasteiger partial charge is 0.151 e. The average molecular weight is 220 g/mol. The second kappa shape index (κ2) is 3.89. The van der Waals surface area contributed by atoms with Crippen molar-refractivity contribution in [1.29, 1.82) is 0 Å². The molecule has 0 aliphatic heterocycles. The van der Waals surface area contributed by atoms with Crippen molar-refractivity contribution in [3.8, 4) is 0 Å². The summed E-state index contributed by atoms with van der Waals surface area (Å²) in [7, 11) is 0. The Bertz CT molecular complexity index is 512. The topological polar surface area (TPSA) is 17.8 Å². The summed E-state index contributed by atoms with van der Waals surface area (Å²) in [5, 5.41) is 0. The highest BCUT2D eigenvalue weighted by Crippen LogP contribution is 2.26. The average Bonchev–Trinajstić information content (AvgIpc) is 2.58. The van der Waals surface area contributed by atoms with E-state index >= 15 is 0 Å². The summed E-state index contributed by atoms with van der Waals surface area (Å²) < 4.78 is 15.7. The number of aromatic nitrogens is 2. The van der Waals surface area contributed by atoms with E-state index < -0.39 is 0 Å². The van der Waals surface area contributed by atoms with Gasteiger partial charge >= 0.3 is 0 Å². The third-order valence-corrected chi connectivity index (χ3v) is 2.73. The summed E-state index contributed by atoms with van der Waals surface area (Å²) in [6.45, 7) is 8.35. The van der Waals surface area contributed by atoms with Gasteiger partial charge in [0.05, 0.1) is 5.52 Å². The first-order chi connectivity index (χ1) is 7.52. The van der Waals surface area contributed by atoms with Crippen LogP contribution in [-0.2, 0) is 0 Å². The van der Waals surface area contributed by atoms with E-state index in [2.05, 4.69) is 37.2 Å². The van der Waals surface area contributed by atoms with Crippen LogP contribution >= 0.6 is 0 Å². The predicted octanol–water partition coefficient (Wildman–Crippen LogP) is 3.88. The molecule has 0 N–H and O–H groups in total. The maximum absolute atomic E-state index is 13.6. The van der Waals surface area contributed by atoms with Gasteiger partial charge in [0, 0.05) is 12.0 Å². The molecular formula is C13H17FN2. The normalized spacial score (nSPS) is 11.9. The number of nitrogens with zero attached hydrogens (tertiary/aromatic N) is 2. The first-order valence-electron chi connectivity index (χ1n) is 5.68. The molecule has 16 heavy (non-hydrogen) atoms. The van der Waals surface area contributed by atoms with Gasteiger partial charge in [0.1, 0.15) is 11.3 Å². The molecule has 0 amide bonds. The molecule has 2 rings (SSSR count). The lowest BCUT2D eigenvalue weighted by Gasteiger charge is -2.14. The van der Waals surface area contributed by atoms with E-state index in [0.29, 0.717) is 17.5 Å². The zero-order valence-electron chi connectivity index (χ0n) is 10.2. The van der Waals surface area contributed by atoms with Crippen LogP contribution in [0.2, 0.25) is 0 Å². The van der Waals surface area contributed by atoms with Gasteiger partial charge in [-0.2, -0.15) is 0 Å². The fraction of sp³-hybridized carbons (Fsp3) is 0.462. The zero-order valence-corrected chi connectivity index (χ0v) is 10.2. The van der Waals surface area contributed by atoms with Gasteiger partial charge in [-0.25, -0.2) is 9.37 Å². The Labute approximate surface area is 95.1 Å². The van der Waals surface area contributed by atoms with E-state index in [1.54, 1.807) is 6.07 Å². The molecule has 3 heteroatoms. The Morgan fingerprint density at radius 2 is 1.88 bits per heavy atom. The number of hydrogen-bond acceptors (Lipinski definition) is 1. The van der Waals surface area contributed by atoms with Crippen LogP contribution in [-0.4, -0.2) is 9.55 Å². The van der Waals surface area contributed by atoms with Crippen LogP contribution in [0, 0.1) is 5.82 Å². The highest BCUT2D eigenvalue weighted by Gasteiger charge is 2.17. The summed E-state index contributed by atoms with van der Waals surface area (Å²) in [6.07, 6.45) is 0. The molecule has 0 saturated heterocycles. The lowest BCUT2D eigenvalue weighted by molar-refractivity contribution is 0.564. The number of imidazole rings is 1. The summed E-state index contributed by atoms with van der Waals surface area (Å²) in [5.74, 6) is 1.02. The summed E-state index contributed by atoms with van der Waals surface area (Å²) in [4.78, 5) is 4.42. The molecule has 0 aliphatic rings. The van der Waals surface area contributed by atoms with E-state index in [1.165, 1.54) is 6.07 Å². The molecular weight excluding hydrogens is 203 g/mol. The molecule has 0 unspecified atom stereocenters. The Morgan fingerprint density at radius 3 is 2.44 bits per heavy atom. The number of halogens is 1. The second-order valence-corrected chi connectivity index (χ2v) is 4.70. The Balaban J connectivity index is 2.81. The van der Waals surface area contributed by atoms with Crippen molar-refractivity contribution in [2.45, 2.75) is 39.7 Å². The lowest BCUT2D eigenvalue weighted by Crippen LogP contribution is -2.07. The van der Waals surface area contributed by atoms with Gasteiger partial charge in [0.15, 0.2) is 5.82 Å². The van der Waals surface area contributed by atoms with Crippen molar-refractivity contribution in [2.24, 2.45) is 0 Å². The fourth-order valence-electron chi connectivity index (χ4n) is 2.05. The third kappa shape index (κ3) is 1.60. The summed E-state index contributed by atoms with van der Waals surface area (Å²) in [6, 6.07) is 5.42. The highest BCUT2D eigenvalue weighted by atomic mass is 19.1. The van der Waals surface area contributed by atoms with E-state index in [0.717, 1.165) is 11.3 Å². The molecule has 2 aromatic rings.